The Balaban J connectivity index is 1.35. The first kappa shape index (κ1) is 22.2. The third-order valence-corrected chi connectivity index (χ3v) is 7.16. The zero-order valence-electron chi connectivity index (χ0n) is 19.1. The van der Waals surface area contributed by atoms with Crippen molar-refractivity contribution in [2.45, 2.75) is 59.6 Å². The van der Waals surface area contributed by atoms with E-state index >= 15 is 0 Å². The Morgan fingerprint density at radius 1 is 1.22 bits per heavy atom. The molecule has 0 unspecified atom stereocenters. The highest BCUT2D eigenvalue weighted by atomic mass is 16.5. The normalized spacial score (nSPS) is 23.1. The van der Waals surface area contributed by atoms with Crippen LogP contribution in [0.3, 0.4) is 0 Å². The second-order valence-corrected chi connectivity index (χ2v) is 9.28. The molecule has 1 aromatic heterocycles. The minimum absolute atomic E-state index is 0.0162. The third-order valence-electron chi connectivity index (χ3n) is 7.16. The summed E-state index contributed by atoms with van der Waals surface area (Å²) in [7, 11) is 0. The summed E-state index contributed by atoms with van der Waals surface area (Å²) in [6.45, 7) is 10.9. The first-order valence-electron chi connectivity index (χ1n) is 11.4. The van der Waals surface area contributed by atoms with Gasteiger partial charge in [-0.2, -0.15) is 0 Å². The van der Waals surface area contributed by atoms with Crippen LogP contribution in [0.4, 0.5) is 0 Å². The summed E-state index contributed by atoms with van der Waals surface area (Å²) in [5, 5.41) is 8.29. The fourth-order valence-corrected chi connectivity index (χ4v) is 4.96. The second-order valence-electron chi connectivity index (χ2n) is 9.28. The molecule has 32 heavy (non-hydrogen) atoms. The van der Waals surface area contributed by atoms with Crippen LogP contribution in [0, 0.1) is 24.7 Å². The summed E-state index contributed by atoms with van der Waals surface area (Å²) >= 11 is 0. The van der Waals surface area contributed by atoms with Crippen LogP contribution in [0.2, 0.25) is 0 Å². The molecule has 0 aliphatic heterocycles. The van der Waals surface area contributed by atoms with Crippen LogP contribution in [0.15, 0.2) is 53.8 Å². The van der Waals surface area contributed by atoms with Crippen LogP contribution in [-0.4, -0.2) is 26.7 Å². The average Bonchev–Trinajstić information content (AvgIpc) is 3.29. The van der Waals surface area contributed by atoms with Crippen LogP contribution < -0.4 is 0 Å². The van der Waals surface area contributed by atoms with Crippen molar-refractivity contribution < 1.29 is 14.3 Å². The molecule has 4 rings (SSSR count). The second kappa shape index (κ2) is 9.23. The lowest BCUT2D eigenvalue weighted by Gasteiger charge is -2.18. The number of Topliss-reactive ketones (excluding diaryl/α,β-unsaturated/α-hetero) is 1. The highest BCUT2D eigenvalue weighted by Crippen LogP contribution is 2.45. The number of carbonyl (C=O) groups is 2. The van der Waals surface area contributed by atoms with Crippen LogP contribution in [0.25, 0.3) is 0 Å². The molecule has 0 N–H and O–H groups in total. The van der Waals surface area contributed by atoms with Gasteiger partial charge in [-0.25, -0.2) is 9.48 Å². The van der Waals surface area contributed by atoms with Gasteiger partial charge in [-0.3, -0.25) is 4.79 Å². The van der Waals surface area contributed by atoms with Crippen molar-refractivity contribution in [2.24, 2.45) is 17.8 Å². The molecule has 0 radical (unpaired) electrons. The van der Waals surface area contributed by atoms with E-state index in [0.29, 0.717) is 36.1 Å². The Kier molecular flexibility index (Phi) is 6.40. The Morgan fingerprint density at radius 3 is 2.78 bits per heavy atom. The van der Waals surface area contributed by atoms with Gasteiger partial charge in [0.25, 0.3) is 0 Å². The Morgan fingerprint density at radius 2 is 2.00 bits per heavy atom. The summed E-state index contributed by atoms with van der Waals surface area (Å²) < 4.78 is 7.27. The number of rotatable bonds is 6. The predicted octanol–water partition coefficient (Wildman–Crippen LogP) is 4.58. The number of ether oxygens (including phenoxy) is 1. The number of carbonyl (C=O) groups excluding carboxylic acids is 2. The lowest BCUT2D eigenvalue weighted by atomic mass is 9.86. The maximum absolute atomic E-state index is 12.7. The largest absolute Gasteiger partial charge is 0.456 e. The molecule has 2 aliphatic rings. The van der Waals surface area contributed by atoms with Crippen molar-refractivity contribution in [3.05, 3.63) is 70.6 Å². The number of aromatic nitrogens is 3. The van der Waals surface area contributed by atoms with Crippen molar-refractivity contribution in [1.82, 2.24) is 15.0 Å². The molecule has 0 amide bonds. The van der Waals surface area contributed by atoms with E-state index in [-0.39, 0.29) is 18.3 Å². The number of aryl methyl sites for hydroxylation is 1. The number of hydrogen-bond acceptors (Lipinski definition) is 5. The summed E-state index contributed by atoms with van der Waals surface area (Å²) in [6.07, 6.45) is 5.03. The molecule has 6 heteroatoms. The van der Waals surface area contributed by atoms with Gasteiger partial charge >= 0.3 is 5.97 Å². The smallest absolute Gasteiger partial charge is 0.334 e. The Bertz CT molecular complexity index is 1080. The first-order chi connectivity index (χ1) is 15.3. The number of benzene rings is 1. The van der Waals surface area contributed by atoms with Gasteiger partial charge in [-0.1, -0.05) is 48.6 Å². The first-order valence-corrected chi connectivity index (χ1v) is 11.4. The van der Waals surface area contributed by atoms with Gasteiger partial charge in [0.05, 0.1) is 12.7 Å². The topological polar surface area (TPSA) is 74.1 Å². The maximum Gasteiger partial charge on any atom is 0.334 e. The summed E-state index contributed by atoms with van der Waals surface area (Å²) in [5.74, 6) is 0.641. The number of ketones is 1. The van der Waals surface area contributed by atoms with E-state index in [2.05, 4.69) is 42.9 Å². The van der Waals surface area contributed by atoms with E-state index in [4.69, 9.17) is 4.74 Å². The van der Waals surface area contributed by atoms with E-state index in [1.54, 1.807) is 10.9 Å². The van der Waals surface area contributed by atoms with Gasteiger partial charge in [0.2, 0.25) is 0 Å². The van der Waals surface area contributed by atoms with Crippen molar-refractivity contribution in [3.63, 3.8) is 0 Å². The SMILES string of the molecule is C=C(C(=O)OCc1cn(Cc2ccccc2C)nn1)[C@@H]1CC[C@H](C)[C@@H]2CC(=O)C(C)=C2C1. The van der Waals surface area contributed by atoms with Gasteiger partial charge in [0.15, 0.2) is 5.78 Å². The molecule has 168 valence electrons. The molecule has 1 aromatic carbocycles. The van der Waals surface area contributed by atoms with E-state index < -0.39 is 5.97 Å². The molecule has 0 saturated heterocycles. The van der Waals surface area contributed by atoms with Crippen molar-refractivity contribution >= 4 is 11.8 Å². The zero-order valence-corrected chi connectivity index (χ0v) is 19.1. The molecule has 1 fully saturated rings. The lowest BCUT2D eigenvalue weighted by molar-refractivity contribution is -0.141. The lowest BCUT2D eigenvalue weighted by Crippen LogP contribution is -2.16. The molecule has 1 heterocycles. The molecule has 6 nitrogen and oxygen atoms in total. The van der Waals surface area contributed by atoms with Crippen LogP contribution in [0.5, 0.6) is 0 Å². The van der Waals surface area contributed by atoms with Crippen LogP contribution in [0.1, 0.15) is 56.4 Å². The highest BCUT2D eigenvalue weighted by molar-refractivity contribution is 5.98. The number of allylic oxidation sites excluding steroid dienone is 2. The van der Waals surface area contributed by atoms with Crippen LogP contribution >= 0.6 is 0 Å². The van der Waals surface area contributed by atoms with Gasteiger partial charge in [0, 0.05) is 12.0 Å². The molecule has 2 aromatic rings. The Labute approximate surface area is 189 Å². The van der Waals surface area contributed by atoms with E-state index in [1.807, 2.05) is 19.1 Å². The number of fused-ring (bicyclic) bond motifs is 1. The molecular weight excluding hydrogens is 402 g/mol. The summed E-state index contributed by atoms with van der Waals surface area (Å²) in [6, 6.07) is 8.14. The fraction of sp³-hybridized carbons (Fsp3) is 0.462. The van der Waals surface area contributed by atoms with Gasteiger partial charge in [-0.15, -0.1) is 5.10 Å². The molecule has 0 bridgehead atoms. The minimum Gasteiger partial charge on any atom is -0.456 e. The van der Waals surface area contributed by atoms with E-state index in [9.17, 15) is 9.59 Å². The monoisotopic (exact) mass is 433 g/mol. The molecular formula is C26H31N3O3. The predicted molar refractivity (Wildman–Crippen MR) is 122 cm³/mol. The fourth-order valence-electron chi connectivity index (χ4n) is 4.96. The molecule has 3 atom stereocenters. The van der Waals surface area contributed by atoms with Gasteiger partial charge in [0.1, 0.15) is 12.3 Å². The maximum atomic E-state index is 12.7. The van der Waals surface area contributed by atoms with Crippen LogP contribution in [-0.2, 0) is 27.5 Å². The number of esters is 1. The Hall–Kier alpha value is -3.02. The summed E-state index contributed by atoms with van der Waals surface area (Å²) in [4.78, 5) is 24.9. The number of hydrogen-bond donors (Lipinski definition) is 0. The standard InChI is InChI=1S/C26H31N3O3/c1-16-7-5-6-8-21(16)13-29-14-22(27-28-29)15-32-26(31)18(3)20-10-9-17(2)23-12-25(30)19(4)24(23)11-20/h5-8,14,17,20,23H,3,9-13,15H2,1-2,4H3/t17-,20+,23-/m0/s1. The zero-order chi connectivity index (χ0) is 22.8. The van der Waals surface area contributed by atoms with Crippen molar-refractivity contribution in [3.8, 4) is 0 Å². The molecule has 0 spiro atoms. The number of nitrogens with zero attached hydrogens (tertiary/aromatic N) is 3. The third kappa shape index (κ3) is 4.59. The average molecular weight is 434 g/mol. The van der Waals surface area contributed by atoms with Gasteiger partial charge < -0.3 is 4.74 Å². The highest BCUT2D eigenvalue weighted by Gasteiger charge is 2.38. The molecule has 2 aliphatic carbocycles. The molecule has 1 saturated carbocycles. The van der Waals surface area contributed by atoms with E-state index in [1.165, 1.54) is 16.7 Å². The van der Waals surface area contributed by atoms with Crippen molar-refractivity contribution in [2.75, 3.05) is 0 Å². The van der Waals surface area contributed by atoms with Gasteiger partial charge in [-0.05, 0) is 67.6 Å². The quantitative estimate of drug-likeness (QED) is 0.493. The van der Waals surface area contributed by atoms with Crippen molar-refractivity contribution in [1.29, 1.82) is 0 Å². The minimum atomic E-state index is -0.392. The summed E-state index contributed by atoms with van der Waals surface area (Å²) in [5.41, 5.74) is 5.57. The van der Waals surface area contributed by atoms with E-state index in [0.717, 1.165) is 24.8 Å².